The summed E-state index contributed by atoms with van der Waals surface area (Å²) in [6, 6.07) is 0.248. The van der Waals surface area contributed by atoms with Crippen molar-refractivity contribution < 1.29 is 23.2 Å². The number of benzene rings is 1. The van der Waals surface area contributed by atoms with Crippen molar-refractivity contribution in [1.82, 2.24) is 5.32 Å². The molecule has 1 rings (SSSR count). The number of carbonyl (C=O) groups excluding carboxylic acids is 1. The fourth-order valence-electron chi connectivity index (χ4n) is 1.13. The molecule has 0 spiro atoms. The van der Waals surface area contributed by atoms with Gasteiger partial charge in [-0.25, -0.2) is 13.2 Å². The van der Waals surface area contributed by atoms with Crippen molar-refractivity contribution in [3.63, 3.8) is 0 Å². The van der Waals surface area contributed by atoms with Gasteiger partial charge in [0.15, 0.2) is 23.3 Å². The van der Waals surface area contributed by atoms with Gasteiger partial charge in [0, 0.05) is 5.56 Å². The summed E-state index contributed by atoms with van der Waals surface area (Å²) in [5.74, 6) is -5.78. The number of nitrogens with one attached hydrogen (secondary N) is 1. The second-order valence-corrected chi connectivity index (χ2v) is 3.47. The van der Waals surface area contributed by atoms with Gasteiger partial charge in [0.1, 0.15) is 0 Å². The molecule has 0 aliphatic heterocycles. The number of hydrogen-bond donors (Lipinski definition) is 3. The van der Waals surface area contributed by atoms with Gasteiger partial charge >= 0.3 is 0 Å². The summed E-state index contributed by atoms with van der Waals surface area (Å²) in [5, 5.41) is 13.2. The summed E-state index contributed by atoms with van der Waals surface area (Å²) in [6.07, 6.45) is 0. The van der Waals surface area contributed by atoms with Crippen LogP contribution in [0.3, 0.4) is 0 Å². The molecule has 18 heavy (non-hydrogen) atoms. The molecule has 98 valence electrons. The Morgan fingerprint density at radius 2 is 1.89 bits per heavy atom. The fourth-order valence-corrected chi connectivity index (χ4v) is 1.13. The average Bonchev–Trinajstić information content (AvgIpc) is 2.33. The molecule has 0 radical (unpaired) electrons. The summed E-state index contributed by atoms with van der Waals surface area (Å²) in [7, 11) is 0. The zero-order chi connectivity index (χ0) is 13.9. The molecule has 0 saturated carbocycles. The second kappa shape index (κ2) is 5.39. The molecule has 0 heterocycles. The predicted molar refractivity (Wildman–Crippen MR) is 56.7 cm³/mol. The maximum absolute atomic E-state index is 12.9. The van der Waals surface area contributed by atoms with Crippen LogP contribution < -0.4 is 11.1 Å². The summed E-state index contributed by atoms with van der Waals surface area (Å²) in [5.41, 5.74) is 4.79. The van der Waals surface area contributed by atoms with E-state index in [-0.39, 0.29) is 5.84 Å². The summed E-state index contributed by atoms with van der Waals surface area (Å²) < 4.78 is 38.4. The minimum absolute atomic E-state index is 0.286. The first-order valence-corrected chi connectivity index (χ1v) is 4.79. The molecule has 0 fully saturated rings. The Bertz CT molecular complexity index is 482. The third-order valence-corrected chi connectivity index (χ3v) is 2.15. The quantitative estimate of drug-likeness (QED) is 0.249. The van der Waals surface area contributed by atoms with Crippen LogP contribution in [0.1, 0.15) is 17.3 Å². The molecule has 0 aliphatic rings. The van der Waals surface area contributed by atoms with Crippen LogP contribution in [0, 0.1) is 17.5 Å². The van der Waals surface area contributed by atoms with E-state index in [9.17, 15) is 18.0 Å². The van der Waals surface area contributed by atoms with Crippen LogP contribution in [-0.4, -0.2) is 23.0 Å². The molecular weight excluding hydrogens is 251 g/mol. The highest BCUT2D eigenvalue weighted by Crippen LogP contribution is 2.13. The van der Waals surface area contributed by atoms with E-state index in [1.165, 1.54) is 6.92 Å². The molecular formula is C10H10F3N3O2. The van der Waals surface area contributed by atoms with Gasteiger partial charge in [-0.3, -0.25) is 4.79 Å². The minimum Gasteiger partial charge on any atom is -0.409 e. The first kappa shape index (κ1) is 13.8. The van der Waals surface area contributed by atoms with E-state index in [4.69, 9.17) is 10.9 Å². The fraction of sp³-hybridized carbons (Fsp3) is 0.200. The maximum atomic E-state index is 12.9. The van der Waals surface area contributed by atoms with E-state index in [2.05, 4.69) is 10.5 Å². The van der Waals surface area contributed by atoms with Crippen LogP contribution in [0.5, 0.6) is 0 Å². The van der Waals surface area contributed by atoms with Gasteiger partial charge in [-0.15, -0.1) is 0 Å². The maximum Gasteiger partial charge on any atom is 0.252 e. The molecule has 8 heteroatoms. The van der Waals surface area contributed by atoms with Gasteiger partial charge in [-0.1, -0.05) is 5.16 Å². The number of hydrogen-bond acceptors (Lipinski definition) is 3. The number of nitrogens with zero attached hydrogens (tertiary/aromatic N) is 1. The average molecular weight is 261 g/mol. The Labute approximate surface area is 100 Å². The summed E-state index contributed by atoms with van der Waals surface area (Å²) in [6.45, 7) is 1.39. The van der Waals surface area contributed by atoms with Gasteiger partial charge in [0.25, 0.3) is 5.91 Å². The Morgan fingerprint density at radius 3 is 2.33 bits per heavy atom. The van der Waals surface area contributed by atoms with E-state index in [1.54, 1.807) is 0 Å². The van der Waals surface area contributed by atoms with Crippen molar-refractivity contribution in [3.8, 4) is 0 Å². The molecule has 1 unspecified atom stereocenters. The first-order valence-electron chi connectivity index (χ1n) is 4.79. The topological polar surface area (TPSA) is 87.7 Å². The Balaban J connectivity index is 2.92. The highest BCUT2D eigenvalue weighted by molar-refractivity contribution is 5.98. The van der Waals surface area contributed by atoms with Crippen LogP contribution in [0.4, 0.5) is 13.2 Å². The zero-order valence-electron chi connectivity index (χ0n) is 9.25. The Kier molecular flexibility index (Phi) is 4.13. The summed E-state index contributed by atoms with van der Waals surface area (Å²) >= 11 is 0. The Morgan fingerprint density at radius 1 is 1.39 bits per heavy atom. The molecule has 1 amide bonds. The molecule has 5 nitrogen and oxygen atoms in total. The highest BCUT2D eigenvalue weighted by Gasteiger charge is 2.17. The highest BCUT2D eigenvalue weighted by atomic mass is 19.2. The van der Waals surface area contributed by atoms with E-state index in [0.29, 0.717) is 12.1 Å². The van der Waals surface area contributed by atoms with Crippen molar-refractivity contribution in [2.75, 3.05) is 0 Å². The van der Waals surface area contributed by atoms with Crippen molar-refractivity contribution in [2.45, 2.75) is 13.0 Å². The summed E-state index contributed by atoms with van der Waals surface area (Å²) in [4.78, 5) is 11.5. The van der Waals surface area contributed by atoms with Crippen LogP contribution >= 0.6 is 0 Å². The SMILES string of the molecule is CC(NC(=O)c1cc(F)c(F)c(F)c1)C(N)=NO. The van der Waals surface area contributed by atoms with E-state index in [0.717, 1.165) is 0 Å². The lowest BCUT2D eigenvalue weighted by atomic mass is 10.1. The zero-order valence-corrected chi connectivity index (χ0v) is 9.25. The van der Waals surface area contributed by atoms with Crippen molar-refractivity contribution in [1.29, 1.82) is 0 Å². The lowest BCUT2D eigenvalue weighted by Crippen LogP contribution is -2.42. The standard InChI is InChI=1S/C10H10F3N3O2/c1-4(9(14)16-18)15-10(17)5-2-6(11)8(13)7(12)3-5/h2-4,18H,1H3,(H2,14,16)(H,15,17). The van der Waals surface area contributed by atoms with E-state index in [1.807, 2.05) is 0 Å². The lowest BCUT2D eigenvalue weighted by Gasteiger charge is -2.12. The monoisotopic (exact) mass is 261 g/mol. The van der Waals surface area contributed by atoms with Crippen LogP contribution in [0.2, 0.25) is 0 Å². The number of oxime groups is 1. The molecule has 4 N–H and O–H groups in total. The number of halogens is 3. The lowest BCUT2D eigenvalue weighted by molar-refractivity contribution is 0.0947. The molecule has 0 bridgehead atoms. The van der Waals surface area contributed by atoms with Gasteiger partial charge < -0.3 is 16.3 Å². The molecule has 1 atom stereocenters. The molecule has 0 saturated heterocycles. The third kappa shape index (κ3) is 2.90. The first-order chi connectivity index (χ1) is 8.36. The van der Waals surface area contributed by atoms with Crippen molar-refractivity contribution >= 4 is 11.7 Å². The predicted octanol–water partition coefficient (Wildman–Crippen LogP) is 0.969. The van der Waals surface area contributed by atoms with Gasteiger partial charge in [0.05, 0.1) is 6.04 Å². The largest absolute Gasteiger partial charge is 0.409 e. The minimum atomic E-state index is -1.66. The molecule has 1 aromatic carbocycles. The number of carbonyl (C=O) groups is 1. The Hall–Kier alpha value is -2.25. The van der Waals surface area contributed by atoms with Crippen LogP contribution in [0.25, 0.3) is 0 Å². The second-order valence-electron chi connectivity index (χ2n) is 3.47. The normalized spacial score (nSPS) is 13.2. The van der Waals surface area contributed by atoms with Crippen LogP contribution in [-0.2, 0) is 0 Å². The number of rotatable bonds is 3. The van der Waals surface area contributed by atoms with Gasteiger partial charge in [-0.2, -0.15) is 0 Å². The van der Waals surface area contributed by atoms with Crippen molar-refractivity contribution in [3.05, 3.63) is 35.1 Å². The number of amidine groups is 1. The number of amides is 1. The van der Waals surface area contributed by atoms with Gasteiger partial charge in [0.2, 0.25) is 0 Å². The smallest absolute Gasteiger partial charge is 0.252 e. The van der Waals surface area contributed by atoms with Crippen molar-refractivity contribution in [2.24, 2.45) is 10.9 Å². The third-order valence-electron chi connectivity index (χ3n) is 2.15. The van der Waals surface area contributed by atoms with Gasteiger partial charge in [-0.05, 0) is 19.1 Å². The number of nitrogens with two attached hydrogens (primary N) is 1. The van der Waals surface area contributed by atoms with E-state index < -0.39 is 35.0 Å². The van der Waals surface area contributed by atoms with Crippen LogP contribution in [0.15, 0.2) is 17.3 Å². The molecule has 0 aliphatic carbocycles. The molecule has 1 aromatic rings. The van der Waals surface area contributed by atoms with E-state index >= 15 is 0 Å². The molecule has 0 aromatic heterocycles.